The summed E-state index contributed by atoms with van der Waals surface area (Å²) >= 11 is 0. The summed E-state index contributed by atoms with van der Waals surface area (Å²) < 4.78 is 12.1. The molecule has 0 aliphatic rings. The Balaban J connectivity index is 2.70. The number of hydrogen-bond donors (Lipinski definition) is 1. The summed E-state index contributed by atoms with van der Waals surface area (Å²) in [5.41, 5.74) is 7.13. The number of nitrogens with two attached hydrogens (primary N) is 1. The van der Waals surface area contributed by atoms with Crippen LogP contribution in [0.3, 0.4) is 0 Å². The van der Waals surface area contributed by atoms with Gasteiger partial charge in [-0.1, -0.05) is 29.8 Å². The Hall–Kier alpha value is -1.31. The van der Waals surface area contributed by atoms with E-state index in [0.29, 0.717) is 6.42 Å². The minimum Gasteiger partial charge on any atom is -0.376 e. The van der Waals surface area contributed by atoms with Gasteiger partial charge in [-0.05, 0) is 25.0 Å². The zero-order valence-electron chi connectivity index (χ0n) is 7.05. The number of aryl methyl sites for hydroxylation is 1. The monoisotopic (exact) mass is 165 g/mol. The third-order valence-corrected chi connectivity index (χ3v) is 1.62. The highest BCUT2D eigenvalue weighted by molar-refractivity contribution is 5.24. The molecule has 1 aromatic carbocycles. The van der Waals surface area contributed by atoms with Crippen molar-refractivity contribution in [1.82, 2.24) is 0 Å². The molecule has 0 atom stereocenters. The average molecular weight is 165 g/mol. The molecule has 0 fully saturated rings. The molecule has 0 saturated heterocycles. The topological polar surface area (TPSA) is 26.0 Å². The molecule has 0 heterocycles. The molecule has 0 unspecified atom stereocenters. The molecule has 0 radical (unpaired) electrons. The second kappa shape index (κ2) is 3.90. The summed E-state index contributed by atoms with van der Waals surface area (Å²) in [6.07, 6.45) is 1.93. The van der Waals surface area contributed by atoms with Crippen molar-refractivity contribution in [1.29, 1.82) is 0 Å². The van der Waals surface area contributed by atoms with Crippen LogP contribution in [0.2, 0.25) is 0 Å². The number of rotatable bonds is 2. The van der Waals surface area contributed by atoms with Gasteiger partial charge in [0.25, 0.3) is 0 Å². The molecule has 1 aromatic rings. The predicted molar refractivity (Wildman–Crippen MR) is 48.3 cm³/mol. The Morgan fingerprint density at radius 2 is 2.33 bits per heavy atom. The Labute approximate surface area is 71.7 Å². The smallest absolute Gasteiger partial charge is 0.180 e. The Morgan fingerprint density at radius 3 is 2.92 bits per heavy atom. The van der Waals surface area contributed by atoms with E-state index in [1.165, 1.54) is 11.6 Å². The fourth-order valence-corrected chi connectivity index (χ4v) is 1.05. The summed E-state index contributed by atoms with van der Waals surface area (Å²) in [7, 11) is 0. The molecule has 64 valence electrons. The summed E-state index contributed by atoms with van der Waals surface area (Å²) in [6.45, 7) is 2.01. The maximum absolute atomic E-state index is 12.1. The average Bonchev–Trinajstić information content (AvgIpc) is 2.01. The molecule has 0 aliphatic carbocycles. The van der Waals surface area contributed by atoms with Crippen LogP contribution < -0.4 is 5.73 Å². The number of benzene rings is 1. The van der Waals surface area contributed by atoms with Gasteiger partial charge in [-0.15, -0.1) is 0 Å². The van der Waals surface area contributed by atoms with Gasteiger partial charge in [0.2, 0.25) is 0 Å². The highest BCUT2D eigenvalue weighted by Gasteiger charge is 1.90. The lowest BCUT2D eigenvalue weighted by Gasteiger charge is -1.97. The molecule has 1 nitrogen and oxygen atoms in total. The molecule has 0 saturated carbocycles. The van der Waals surface area contributed by atoms with Crippen LogP contribution in [-0.4, -0.2) is 0 Å². The largest absolute Gasteiger partial charge is 0.376 e. The minimum atomic E-state index is -0.614. The molecular weight excluding hydrogens is 153 g/mol. The van der Waals surface area contributed by atoms with Crippen LogP contribution in [0.25, 0.3) is 0 Å². The van der Waals surface area contributed by atoms with E-state index in [1.807, 2.05) is 31.2 Å². The highest BCUT2D eigenvalue weighted by Crippen LogP contribution is 2.05. The second-order valence-corrected chi connectivity index (χ2v) is 2.78. The van der Waals surface area contributed by atoms with Crippen LogP contribution >= 0.6 is 0 Å². The standard InChI is InChI=1S/C10H12FN/c1-8-3-2-4-9(7-8)5-6-10(11)12/h2-4,6-7H,5,12H2,1H3/b10-6+. The van der Waals surface area contributed by atoms with Gasteiger partial charge < -0.3 is 5.73 Å². The lowest BCUT2D eigenvalue weighted by molar-refractivity contribution is 0.622. The van der Waals surface area contributed by atoms with Gasteiger partial charge in [0, 0.05) is 0 Å². The molecule has 2 N–H and O–H groups in total. The molecule has 0 aromatic heterocycles. The molecule has 2 heteroatoms. The van der Waals surface area contributed by atoms with Crippen molar-refractivity contribution in [3.8, 4) is 0 Å². The van der Waals surface area contributed by atoms with Gasteiger partial charge >= 0.3 is 0 Å². The minimum absolute atomic E-state index is 0.560. The zero-order chi connectivity index (χ0) is 8.97. The van der Waals surface area contributed by atoms with E-state index in [4.69, 9.17) is 5.73 Å². The Bertz CT molecular complexity index is 288. The van der Waals surface area contributed by atoms with E-state index in [0.717, 1.165) is 5.56 Å². The van der Waals surface area contributed by atoms with Gasteiger partial charge in [-0.3, -0.25) is 0 Å². The SMILES string of the molecule is Cc1cccc(C/C=C(/N)F)c1. The van der Waals surface area contributed by atoms with Crippen molar-refractivity contribution in [3.63, 3.8) is 0 Å². The van der Waals surface area contributed by atoms with E-state index >= 15 is 0 Å². The molecule has 0 spiro atoms. The first-order chi connectivity index (χ1) is 5.68. The first-order valence-corrected chi connectivity index (χ1v) is 3.85. The highest BCUT2D eigenvalue weighted by atomic mass is 19.1. The van der Waals surface area contributed by atoms with Crippen molar-refractivity contribution in [2.75, 3.05) is 0 Å². The van der Waals surface area contributed by atoms with Crippen LogP contribution in [0.5, 0.6) is 0 Å². The molecule has 0 bridgehead atoms. The quantitative estimate of drug-likeness (QED) is 0.668. The van der Waals surface area contributed by atoms with Crippen molar-refractivity contribution >= 4 is 0 Å². The summed E-state index contributed by atoms with van der Waals surface area (Å²) in [4.78, 5) is 0. The number of allylic oxidation sites excluding steroid dienone is 1. The molecule has 0 amide bonds. The maximum atomic E-state index is 12.1. The van der Waals surface area contributed by atoms with E-state index in [2.05, 4.69) is 0 Å². The first-order valence-electron chi connectivity index (χ1n) is 3.85. The van der Waals surface area contributed by atoms with Crippen molar-refractivity contribution < 1.29 is 4.39 Å². The van der Waals surface area contributed by atoms with Crippen molar-refractivity contribution in [2.45, 2.75) is 13.3 Å². The van der Waals surface area contributed by atoms with Crippen LogP contribution in [0.1, 0.15) is 11.1 Å². The van der Waals surface area contributed by atoms with E-state index in [9.17, 15) is 4.39 Å². The Kier molecular flexibility index (Phi) is 2.86. The lowest BCUT2D eigenvalue weighted by Crippen LogP contribution is -1.90. The number of hydrogen-bond acceptors (Lipinski definition) is 1. The summed E-state index contributed by atoms with van der Waals surface area (Å²) in [5.74, 6) is -0.614. The maximum Gasteiger partial charge on any atom is 0.180 e. The van der Waals surface area contributed by atoms with Gasteiger partial charge in [0.05, 0.1) is 0 Å². The normalized spacial score (nSPS) is 11.7. The van der Waals surface area contributed by atoms with Crippen molar-refractivity contribution in [3.05, 3.63) is 47.4 Å². The predicted octanol–water partition coefficient (Wildman–Crippen LogP) is 2.31. The van der Waals surface area contributed by atoms with Crippen LogP contribution in [0.15, 0.2) is 36.3 Å². The number of halogens is 1. The van der Waals surface area contributed by atoms with Gasteiger partial charge in [-0.2, -0.15) is 4.39 Å². The third kappa shape index (κ3) is 2.74. The first kappa shape index (κ1) is 8.78. The lowest BCUT2D eigenvalue weighted by atomic mass is 10.1. The van der Waals surface area contributed by atoms with Crippen LogP contribution in [0.4, 0.5) is 4.39 Å². The molecule has 1 rings (SSSR count). The zero-order valence-corrected chi connectivity index (χ0v) is 7.05. The van der Waals surface area contributed by atoms with E-state index in [-0.39, 0.29) is 0 Å². The van der Waals surface area contributed by atoms with E-state index < -0.39 is 5.95 Å². The van der Waals surface area contributed by atoms with Crippen molar-refractivity contribution in [2.24, 2.45) is 5.73 Å². The molecule has 0 aliphatic heterocycles. The summed E-state index contributed by atoms with van der Waals surface area (Å²) in [6, 6.07) is 7.92. The fraction of sp³-hybridized carbons (Fsp3) is 0.200. The second-order valence-electron chi connectivity index (χ2n) is 2.78. The van der Waals surface area contributed by atoms with Crippen LogP contribution in [0, 0.1) is 6.92 Å². The third-order valence-electron chi connectivity index (χ3n) is 1.62. The Morgan fingerprint density at radius 1 is 1.58 bits per heavy atom. The van der Waals surface area contributed by atoms with E-state index in [1.54, 1.807) is 0 Å². The van der Waals surface area contributed by atoms with Crippen LogP contribution in [-0.2, 0) is 6.42 Å². The summed E-state index contributed by atoms with van der Waals surface area (Å²) in [5, 5.41) is 0. The fourth-order valence-electron chi connectivity index (χ4n) is 1.05. The van der Waals surface area contributed by atoms with Gasteiger partial charge in [0.15, 0.2) is 5.95 Å². The van der Waals surface area contributed by atoms with Gasteiger partial charge in [-0.25, -0.2) is 0 Å². The van der Waals surface area contributed by atoms with Gasteiger partial charge in [0.1, 0.15) is 0 Å². The molecule has 12 heavy (non-hydrogen) atoms. The molecular formula is C10H12FN.